The van der Waals surface area contributed by atoms with E-state index in [9.17, 15) is 0 Å². The van der Waals surface area contributed by atoms with Crippen LogP contribution in [0.5, 0.6) is 5.75 Å². The van der Waals surface area contributed by atoms with Gasteiger partial charge in [-0.15, -0.1) is 0 Å². The summed E-state index contributed by atoms with van der Waals surface area (Å²) in [6.45, 7) is 2.16. The lowest BCUT2D eigenvalue weighted by Gasteiger charge is -2.14. The summed E-state index contributed by atoms with van der Waals surface area (Å²) in [7, 11) is 1.72. The van der Waals surface area contributed by atoms with Crippen molar-refractivity contribution in [3.63, 3.8) is 0 Å². The molecule has 0 bridgehead atoms. The summed E-state index contributed by atoms with van der Waals surface area (Å²) >= 11 is 0. The van der Waals surface area contributed by atoms with Gasteiger partial charge in [0.05, 0.1) is 7.11 Å². The summed E-state index contributed by atoms with van der Waals surface area (Å²) < 4.78 is 5.35. The van der Waals surface area contributed by atoms with Crippen LogP contribution in [-0.4, -0.2) is 7.11 Å². The van der Waals surface area contributed by atoms with Gasteiger partial charge in [0.1, 0.15) is 5.75 Å². The lowest BCUT2D eigenvalue weighted by atomic mass is 9.98. The second kappa shape index (κ2) is 3.62. The summed E-state index contributed by atoms with van der Waals surface area (Å²) in [6.07, 6.45) is 3.20. The summed E-state index contributed by atoms with van der Waals surface area (Å²) in [5, 5.41) is 0. The minimum absolute atomic E-state index is 0.218. The number of hydrogen-bond donors (Lipinski definition) is 1. The van der Waals surface area contributed by atoms with Gasteiger partial charge in [-0.25, -0.2) is 0 Å². The van der Waals surface area contributed by atoms with Gasteiger partial charge in [-0.2, -0.15) is 0 Å². The molecule has 76 valence electrons. The molecule has 0 amide bonds. The Bertz CT molecular complexity index is 346. The van der Waals surface area contributed by atoms with E-state index < -0.39 is 0 Å². The average molecular weight is 191 g/mol. The van der Waals surface area contributed by atoms with Gasteiger partial charge < -0.3 is 10.5 Å². The summed E-state index contributed by atoms with van der Waals surface area (Å²) in [5.74, 6) is 0.989. The second-order valence-electron chi connectivity index (χ2n) is 3.82. The normalized spacial score (nSPS) is 19.5. The number of ether oxygens (including phenoxy) is 1. The van der Waals surface area contributed by atoms with Gasteiger partial charge in [0.15, 0.2) is 0 Å². The van der Waals surface area contributed by atoms with E-state index in [1.54, 1.807) is 7.11 Å². The van der Waals surface area contributed by atoms with Gasteiger partial charge in [0, 0.05) is 6.04 Å². The molecule has 1 aliphatic carbocycles. The minimum atomic E-state index is 0.218. The summed E-state index contributed by atoms with van der Waals surface area (Å²) in [6, 6.07) is 4.44. The molecule has 0 saturated heterocycles. The van der Waals surface area contributed by atoms with Crippen molar-refractivity contribution in [2.75, 3.05) is 7.11 Å². The van der Waals surface area contributed by atoms with Crippen LogP contribution in [0.4, 0.5) is 0 Å². The lowest BCUT2D eigenvalue weighted by Crippen LogP contribution is -2.09. The smallest absolute Gasteiger partial charge is 0.122 e. The van der Waals surface area contributed by atoms with E-state index in [2.05, 4.69) is 19.1 Å². The zero-order valence-corrected chi connectivity index (χ0v) is 8.84. The Morgan fingerprint density at radius 3 is 2.93 bits per heavy atom. The largest absolute Gasteiger partial charge is 0.496 e. The highest BCUT2D eigenvalue weighted by molar-refractivity contribution is 5.49. The first-order valence-electron chi connectivity index (χ1n) is 5.22. The fourth-order valence-electron chi connectivity index (χ4n) is 2.38. The van der Waals surface area contributed by atoms with Crippen LogP contribution in [0.15, 0.2) is 12.1 Å². The highest BCUT2D eigenvalue weighted by Gasteiger charge is 2.23. The second-order valence-corrected chi connectivity index (χ2v) is 3.82. The van der Waals surface area contributed by atoms with Gasteiger partial charge >= 0.3 is 0 Å². The maximum atomic E-state index is 6.09. The van der Waals surface area contributed by atoms with Gasteiger partial charge in [0.2, 0.25) is 0 Å². The molecule has 0 spiro atoms. The molecule has 0 heterocycles. The zero-order chi connectivity index (χ0) is 10.1. The van der Waals surface area contributed by atoms with E-state index >= 15 is 0 Å². The Labute approximate surface area is 85.1 Å². The van der Waals surface area contributed by atoms with E-state index in [0.717, 1.165) is 25.0 Å². The number of benzene rings is 1. The Hall–Kier alpha value is -1.02. The van der Waals surface area contributed by atoms with Crippen LogP contribution in [0.25, 0.3) is 0 Å². The molecule has 0 fully saturated rings. The Kier molecular flexibility index (Phi) is 2.46. The molecule has 14 heavy (non-hydrogen) atoms. The first kappa shape index (κ1) is 9.53. The van der Waals surface area contributed by atoms with Gasteiger partial charge in [-0.05, 0) is 42.0 Å². The number of rotatable bonds is 2. The monoisotopic (exact) mass is 191 g/mol. The molecule has 1 aromatic rings. The van der Waals surface area contributed by atoms with E-state index in [1.807, 2.05) is 0 Å². The third-order valence-electron chi connectivity index (χ3n) is 3.07. The zero-order valence-electron chi connectivity index (χ0n) is 8.84. The Balaban J connectivity index is 2.57. The average Bonchev–Trinajstić information content (AvgIpc) is 2.59. The molecule has 1 aromatic carbocycles. The van der Waals surface area contributed by atoms with Crippen LogP contribution in [0.1, 0.15) is 36.1 Å². The predicted octanol–water partition coefficient (Wildman–Crippen LogP) is 2.20. The molecule has 0 aromatic heterocycles. The van der Waals surface area contributed by atoms with Crippen molar-refractivity contribution in [1.82, 2.24) is 0 Å². The Morgan fingerprint density at radius 2 is 2.29 bits per heavy atom. The fourth-order valence-corrected chi connectivity index (χ4v) is 2.38. The van der Waals surface area contributed by atoms with E-state index in [-0.39, 0.29) is 6.04 Å². The number of aryl methyl sites for hydroxylation is 1. The number of methoxy groups -OCH3 is 1. The van der Waals surface area contributed by atoms with Gasteiger partial charge in [0.25, 0.3) is 0 Å². The van der Waals surface area contributed by atoms with Crippen molar-refractivity contribution in [1.29, 1.82) is 0 Å². The number of nitrogens with two attached hydrogens (primary N) is 1. The molecule has 2 heteroatoms. The molecular formula is C12H17NO. The van der Waals surface area contributed by atoms with E-state index in [1.165, 1.54) is 16.7 Å². The van der Waals surface area contributed by atoms with E-state index in [0.29, 0.717) is 0 Å². The topological polar surface area (TPSA) is 35.2 Å². The summed E-state index contributed by atoms with van der Waals surface area (Å²) in [4.78, 5) is 0. The lowest BCUT2D eigenvalue weighted by molar-refractivity contribution is 0.409. The molecule has 0 saturated carbocycles. The standard InChI is InChI=1S/C12H17NO/c1-3-9-11(14-2)7-5-8-4-6-10(13)12(8)9/h5,7,10H,3-4,6,13H2,1-2H3. The molecule has 1 atom stereocenters. The van der Waals surface area contributed by atoms with Crippen molar-refractivity contribution >= 4 is 0 Å². The molecular weight excluding hydrogens is 174 g/mol. The molecule has 2 rings (SSSR count). The third kappa shape index (κ3) is 1.30. The van der Waals surface area contributed by atoms with Crippen LogP contribution in [0.3, 0.4) is 0 Å². The van der Waals surface area contributed by atoms with Crippen LogP contribution >= 0.6 is 0 Å². The molecule has 1 unspecified atom stereocenters. The Morgan fingerprint density at radius 1 is 1.50 bits per heavy atom. The van der Waals surface area contributed by atoms with Crippen LogP contribution in [0, 0.1) is 0 Å². The van der Waals surface area contributed by atoms with Crippen molar-refractivity contribution in [2.45, 2.75) is 32.2 Å². The highest BCUT2D eigenvalue weighted by atomic mass is 16.5. The van der Waals surface area contributed by atoms with Gasteiger partial charge in [-0.1, -0.05) is 13.0 Å². The third-order valence-corrected chi connectivity index (χ3v) is 3.07. The predicted molar refractivity (Wildman–Crippen MR) is 57.6 cm³/mol. The maximum absolute atomic E-state index is 6.09. The fraction of sp³-hybridized carbons (Fsp3) is 0.500. The highest BCUT2D eigenvalue weighted by Crippen LogP contribution is 2.36. The minimum Gasteiger partial charge on any atom is -0.496 e. The number of fused-ring (bicyclic) bond motifs is 1. The quantitative estimate of drug-likeness (QED) is 0.777. The van der Waals surface area contributed by atoms with Crippen LogP contribution in [0.2, 0.25) is 0 Å². The molecule has 0 radical (unpaired) electrons. The van der Waals surface area contributed by atoms with Crippen LogP contribution in [-0.2, 0) is 12.8 Å². The SMILES string of the molecule is CCc1c(OC)ccc2c1C(N)CC2. The van der Waals surface area contributed by atoms with Crippen molar-refractivity contribution in [2.24, 2.45) is 5.73 Å². The first-order chi connectivity index (χ1) is 6.77. The molecule has 2 nitrogen and oxygen atoms in total. The number of hydrogen-bond acceptors (Lipinski definition) is 2. The first-order valence-corrected chi connectivity index (χ1v) is 5.22. The van der Waals surface area contributed by atoms with Crippen LogP contribution < -0.4 is 10.5 Å². The van der Waals surface area contributed by atoms with Crippen molar-refractivity contribution in [3.05, 3.63) is 28.8 Å². The van der Waals surface area contributed by atoms with Gasteiger partial charge in [-0.3, -0.25) is 0 Å². The maximum Gasteiger partial charge on any atom is 0.122 e. The molecule has 2 N–H and O–H groups in total. The summed E-state index contributed by atoms with van der Waals surface area (Å²) in [5.41, 5.74) is 10.1. The molecule has 0 aliphatic heterocycles. The van der Waals surface area contributed by atoms with Crippen molar-refractivity contribution in [3.8, 4) is 5.75 Å². The molecule has 1 aliphatic rings. The van der Waals surface area contributed by atoms with E-state index in [4.69, 9.17) is 10.5 Å². The van der Waals surface area contributed by atoms with Crippen molar-refractivity contribution < 1.29 is 4.74 Å².